The highest BCUT2D eigenvalue weighted by Gasteiger charge is 2.36. The third kappa shape index (κ3) is 4.36. The first-order valence-corrected chi connectivity index (χ1v) is 8.94. The normalized spacial score (nSPS) is 16.5. The van der Waals surface area contributed by atoms with Gasteiger partial charge in [0.1, 0.15) is 17.9 Å². The predicted molar refractivity (Wildman–Crippen MR) is 98.2 cm³/mol. The van der Waals surface area contributed by atoms with Gasteiger partial charge in [0.05, 0.1) is 32.7 Å². The van der Waals surface area contributed by atoms with Crippen molar-refractivity contribution in [2.75, 3.05) is 20.8 Å². The number of hydrogen-bond donors (Lipinski definition) is 2. The van der Waals surface area contributed by atoms with Gasteiger partial charge in [0.15, 0.2) is 0 Å². The molecule has 29 heavy (non-hydrogen) atoms. The summed E-state index contributed by atoms with van der Waals surface area (Å²) in [5.74, 6) is -1.89. The summed E-state index contributed by atoms with van der Waals surface area (Å²) in [6.07, 6.45) is 1.66. The second-order valence-corrected chi connectivity index (χ2v) is 6.47. The quantitative estimate of drug-likeness (QED) is 0.727. The van der Waals surface area contributed by atoms with E-state index >= 15 is 0 Å². The highest BCUT2D eigenvalue weighted by Crippen LogP contribution is 2.33. The van der Waals surface area contributed by atoms with E-state index < -0.39 is 35.9 Å². The zero-order valence-corrected chi connectivity index (χ0v) is 16.0. The average molecular weight is 404 g/mol. The summed E-state index contributed by atoms with van der Waals surface area (Å²) in [6.45, 7) is 0.300. The lowest BCUT2D eigenvalue weighted by Crippen LogP contribution is -2.52. The molecule has 2 atom stereocenters. The predicted octanol–water partition coefficient (Wildman–Crippen LogP) is 1.31. The second kappa shape index (κ2) is 8.72. The number of ether oxygens (including phenoxy) is 2. The van der Waals surface area contributed by atoms with Crippen molar-refractivity contribution in [2.24, 2.45) is 0 Å². The molecule has 3 rings (SSSR count). The number of halogens is 1. The molecule has 2 amide bonds. The van der Waals surface area contributed by atoms with Gasteiger partial charge < -0.3 is 24.7 Å². The summed E-state index contributed by atoms with van der Waals surface area (Å²) in [6, 6.07) is 3.42. The van der Waals surface area contributed by atoms with Gasteiger partial charge >= 0.3 is 18.0 Å². The van der Waals surface area contributed by atoms with Crippen molar-refractivity contribution in [2.45, 2.75) is 24.9 Å². The summed E-state index contributed by atoms with van der Waals surface area (Å²) in [7, 11) is 2.34. The number of rotatable bonds is 5. The number of carbonyl (C=O) groups excluding carboxylic acids is 3. The van der Waals surface area contributed by atoms with Gasteiger partial charge in [-0.15, -0.1) is 0 Å². The Kier molecular flexibility index (Phi) is 6.10. The van der Waals surface area contributed by atoms with Crippen LogP contribution >= 0.6 is 0 Å². The number of H-pyrrole nitrogens is 1. The lowest BCUT2D eigenvalue weighted by Gasteiger charge is -2.36. The SMILES string of the molecule is COC(=O)C[C@@H](NC(=O)N1CCc2[nH]cnc2[C@H]1c1cccc(F)c1)C(=O)OC. The molecular formula is C19H21FN4O5. The molecule has 2 aromatic rings. The number of aromatic nitrogens is 2. The molecule has 2 heterocycles. The number of urea groups is 1. The molecule has 0 saturated heterocycles. The largest absolute Gasteiger partial charge is 0.469 e. The number of methoxy groups -OCH3 is 2. The molecule has 0 spiro atoms. The molecule has 10 heteroatoms. The van der Waals surface area contributed by atoms with Crippen molar-refractivity contribution in [3.63, 3.8) is 0 Å². The van der Waals surface area contributed by atoms with Crippen molar-refractivity contribution in [3.8, 4) is 0 Å². The third-order valence-electron chi connectivity index (χ3n) is 4.73. The number of esters is 2. The molecule has 1 aliphatic heterocycles. The van der Waals surface area contributed by atoms with Gasteiger partial charge in [0, 0.05) is 18.7 Å². The molecule has 0 radical (unpaired) electrons. The fraction of sp³-hybridized carbons (Fsp3) is 0.368. The standard InChI is InChI=1S/C19H21FN4O5/c1-28-15(25)9-14(18(26)29-2)23-19(27)24-7-6-13-16(22-10-21-13)17(24)11-4-3-5-12(20)8-11/h3-5,8,10,14,17H,6-7,9H2,1-2H3,(H,21,22)(H,23,27)/t14-,17-/m1/s1. The minimum atomic E-state index is -1.21. The number of fused-ring (bicyclic) bond motifs is 1. The molecule has 2 N–H and O–H groups in total. The molecule has 0 unspecified atom stereocenters. The highest BCUT2D eigenvalue weighted by atomic mass is 19.1. The minimum Gasteiger partial charge on any atom is -0.469 e. The van der Waals surface area contributed by atoms with Gasteiger partial charge in [-0.05, 0) is 17.7 Å². The van der Waals surface area contributed by atoms with E-state index in [9.17, 15) is 18.8 Å². The lowest BCUT2D eigenvalue weighted by atomic mass is 9.96. The molecule has 0 aliphatic carbocycles. The van der Waals surface area contributed by atoms with Gasteiger partial charge in [-0.25, -0.2) is 19.0 Å². The van der Waals surface area contributed by atoms with Crippen LogP contribution in [-0.4, -0.2) is 59.6 Å². The third-order valence-corrected chi connectivity index (χ3v) is 4.73. The number of amides is 2. The van der Waals surface area contributed by atoms with Crippen LogP contribution in [0.15, 0.2) is 30.6 Å². The highest BCUT2D eigenvalue weighted by molar-refractivity contribution is 5.87. The summed E-state index contributed by atoms with van der Waals surface area (Å²) in [5.41, 5.74) is 1.98. The Bertz CT molecular complexity index is 916. The molecule has 154 valence electrons. The van der Waals surface area contributed by atoms with Crippen LogP contribution in [0.1, 0.15) is 29.4 Å². The first kappa shape index (κ1) is 20.3. The first-order chi connectivity index (χ1) is 13.9. The van der Waals surface area contributed by atoms with Crippen LogP contribution in [0.3, 0.4) is 0 Å². The van der Waals surface area contributed by atoms with E-state index in [0.717, 1.165) is 12.8 Å². The van der Waals surface area contributed by atoms with Crippen LogP contribution in [0.5, 0.6) is 0 Å². The Morgan fingerprint density at radius 1 is 1.34 bits per heavy atom. The fourth-order valence-electron chi connectivity index (χ4n) is 3.33. The molecule has 1 aromatic heterocycles. The topological polar surface area (TPSA) is 114 Å². The van der Waals surface area contributed by atoms with Crippen molar-refractivity contribution in [1.29, 1.82) is 0 Å². The van der Waals surface area contributed by atoms with E-state index in [2.05, 4.69) is 24.8 Å². The molecule has 1 aromatic carbocycles. The van der Waals surface area contributed by atoms with Crippen molar-refractivity contribution in [3.05, 3.63) is 53.4 Å². The van der Waals surface area contributed by atoms with E-state index in [-0.39, 0.29) is 6.42 Å². The number of hydrogen-bond acceptors (Lipinski definition) is 6. The smallest absolute Gasteiger partial charge is 0.329 e. The Labute approximate surface area is 166 Å². The van der Waals surface area contributed by atoms with E-state index in [4.69, 9.17) is 0 Å². The van der Waals surface area contributed by atoms with E-state index in [1.807, 2.05) is 0 Å². The lowest BCUT2D eigenvalue weighted by molar-refractivity contribution is -0.149. The van der Waals surface area contributed by atoms with Crippen LogP contribution < -0.4 is 5.32 Å². The molecule has 0 saturated carbocycles. The maximum Gasteiger partial charge on any atom is 0.329 e. The van der Waals surface area contributed by atoms with E-state index in [1.54, 1.807) is 12.1 Å². The summed E-state index contributed by atoms with van der Waals surface area (Å²) in [4.78, 5) is 45.4. The van der Waals surface area contributed by atoms with Gasteiger partial charge in [0.2, 0.25) is 0 Å². The van der Waals surface area contributed by atoms with E-state index in [0.29, 0.717) is 24.2 Å². The van der Waals surface area contributed by atoms with Crippen LogP contribution in [0, 0.1) is 5.82 Å². The van der Waals surface area contributed by atoms with Gasteiger partial charge in [0.25, 0.3) is 0 Å². The van der Waals surface area contributed by atoms with Crippen molar-refractivity contribution in [1.82, 2.24) is 20.2 Å². The van der Waals surface area contributed by atoms with E-state index in [1.165, 1.54) is 30.5 Å². The first-order valence-electron chi connectivity index (χ1n) is 8.94. The minimum absolute atomic E-state index is 0.300. The summed E-state index contributed by atoms with van der Waals surface area (Å²) >= 11 is 0. The van der Waals surface area contributed by atoms with Gasteiger partial charge in [-0.1, -0.05) is 12.1 Å². The second-order valence-electron chi connectivity index (χ2n) is 6.47. The average Bonchev–Trinajstić information content (AvgIpc) is 3.20. The number of benzene rings is 1. The van der Waals surface area contributed by atoms with Crippen molar-refractivity contribution < 1.29 is 28.2 Å². The monoisotopic (exact) mass is 404 g/mol. The Morgan fingerprint density at radius 2 is 2.14 bits per heavy atom. The van der Waals surface area contributed by atoms with Crippen LogP contribution in [0.2, 0.25) is 0 Å². The molecule has 9 nitrogen and oxygen atoms in total. The van der Waals surface area contributed by atoms with Crippen LogP contribution in [0.25, 0.3) is 0 Å². The zero-order valence-electron chi connectivity index (χ0n) is 16.0. The maximum absolute atomic E-state index is 13.8. The Morgan fingerprint density at radius 3 is 2.83 bits per heavy atom. The Hall–Kier alpha value is -3.43. The molecule has 0 bridgehead atoms. The maximum atomic E-state index is 13.8. The van der Waals surface area contributed by atoms with Crippen molar-refractivity contribution >= 4 is 18.0 Å². The van der Waals surface area contributed by atoms with Gasteiger partial charge in [-0.3, -0.25) is 4.79 Å². The molecule has 1 aliphatic rings. The fourth-order valence-corrected chi connectivity index (χ4v) is 3.33. The Balaban J connectivity index is 1.89. The molecular weight excluding hydrogens is 383 g/mol. The van der Waals surface area contributed by atoms with Crippen LogP contribution in [0.4, 0.5) is 9.18 Å². The number of nitrogens with zero attached hydrogens (tertiary/aromatic N) is 2. The van der Waals surface area contributed by atoms with Gasteiger partial charge in [-0.2, -0.15) is 0 Å². The van der Waals surface area contributed by atoms with Crippen LogP contribution in [-0.2, 0) is 25.5 Å². The number of carbonyl (C=O) groups is 3. The summed E-state index contributed by atoms with van der Waals surface area (Å²) < 4.78 is 23.1. The number of imidazole rings is 1. The number of nitrogens with one attached hydrogen (secondary N) is 2. The molecule has 0 fully saturated rings. The zero-order chi connectivity index (χ0) is 21.0. The number of aromatic amines is 1. The summed E-state index contributed by atoms with van der Waals surface area (Å²) in [5, 5.41) is 2.52.